The lowest BCUT2D eigenvalue weighted by atomic mass is 10.2. The number of carbonyl (C=O) groups excluding carboxylic acids is 1. The summed E-state index contributed by atoms with van der Waals surface area (Å²) >= 11 is 0. The van der Waals surface area contributed by atoms with Gasteiger partial charge in [0.05, 0.1) is 0 Å². The molecule has 23 heavy (non-hydrogen) atoms. The first-order chi connectivity index (χ1) is 9.98. The number of carbonyl (C=O) groups is 2. The fourth-order valence-electron chi connectivity index (χ4n) is 0.842. The Morgan fingerprint density at radius 3 is 1.83 bits per heavy atom. The van der Waals surface area contributed by atoms with Crippen molar-refractivity contribution in [3.8, 4) is 0 Å². The van der Waals surface area contributed by atoms with E-state index in [2.05, 4.69) is 16.1 Å². The summed E-state index contributed by atoms with van der Waals surface area (Å²) in [5, 5.41) is 3.07. The Bertz CT molecular complexity index is 611. The van der Waals surface area contributed by atoms with Gasteiger partial charge < -0.3 is 14.6 Å². The Morgan fingerprint density at radius 1 is 1.13 bits per heavy atom. The summed E-state index contributed by atoms with van der Waals surface area (Å²) in [5.74, 6) is -13.3. The second-order valence-corrected chi connectivity index (χ2v) is 5.16. The van der Waals surface area contributed by atoms with E-state index >= 15 is 0 Å². The van der Waals surface area contributed by atoms with E-state index in [1.54, 1.807) is 0 Å². The highest BCUT2D eigenvalue weighted by atomic mass is 32.2. The summed E-state index contributed by atoms with van der Waals surface area (Å²) in [6, 6.07) is 0. The maximum absolute atomic E-state index is 12.9. The molecule has 0 heterocycles. The molecular formula is C8H6F6O8S. The number of halogens is 6. The van der Waals surface area contributed by atoms with Crippen LogP contribution in [0, 0.1) is 0 Å². The van der Waals surface area contributed by atoms with Crippen molar-refractivity contribution >= 4 is 22.1 Å². The van der Waals surface area contributed by atoms with Gasteiger partial charge >= 0.3 is 39.3 Å². The normalized spacial score (nSPS) is 15.6. The molecule has 0 aliphatic heterocycles. The molecule has 8 nitrogen and oxygen atoms in total. The van der Waals surface area contributed by atoms with E-state index in [0.717, 1.165) is 0 Å². The Kier molecular flexibility index (Phi) is 5.81. The molecule has 2 N–H and O–H groups in total. The van der Waals surface area contributed by atoms with E-state index in [1.807, 2.05) is 0 Å². The number of carboxylic acid groups (broad SMARTS) is 1. The monoisotopic (exact) mass is 376 g/mol. The van der Waals surface area contributed by atoms with Gasteiger partial charge in [0.2, 0.25) is 5.83 Å². The van der Waals surface area contributed by atoms with Crippen LogP contribution in [0.2, 0.25) is 0 Å². The van der Waals surface area contributed by atoms with Gasteiger partial charge in [0.15, 0.2) is 0 Å². The van der Waals surface area contributed by atoms with Gasteiger partial charge in [0.25, 0.3) is 0 Å². The maximum Gasteiger partial charge on any atom is 0.468 e. The van der Waals surface area contributed by atoms with Crippen LogP contribution in [0.15, 0.2) is 12.4 Å². The highest BCUT2D eigenvalue weighted by molar-refractivity contribution is 7.86. The summed E-state index contributed by atoms with van der Waals surface area (Å²) in [4.78, 5) is 21.4. The Hall–Kier alpha value is -1.87. The molecule has 0 fully saturated rings. The number of carboxylic acids is 1. The molecule has 15 heteroatoms. The van der Waals surface area contributed by atoms with Gasteiger partial charge in [-0.05, 0) is 0 Å². The minimum atomic E-state index is -6.29. The van der Waals surface area contributed by atoms with E-state index in [-0.39, 0.29) is 0 Å². The number of rotatable bonds is 7. The van der Waals surface area contributed by atoms with Crippen LogP contribution in [0.25, 0.3) is 0 Å². The average Bonchev–Trinajstić information content (AvgIpc) is 2.30. The first-order valence-corrected chi connectivity index (χ1v) is 6.28. The van der Waals surface area contributed by atoms with Crippen molar-refractivity contribution in [2.24, 2.45) is 0 Å². The second-order valence-electron chi connectivity index (χ2n) is 3.61. The molecule has 1 atom stereocenters. The first-order valence-electron chi connectivity index (χ1n) is 4.84. The summed E-state index contributed by atoms with van der Waals surface area (Å²) in [6.07, 6.45) is -6.24. The van der Waals surface area contributed by atoms with Crippen molar-refractivity contribution in [1.29, 1.82) is 0 Å². The van der Waals surface area contributed by atoms with E-state index in [4.69, 9.17) is 9.66 Å². The van der Waals surface area contributed by atoms with E-state index in [9.17, 15) is 44.3 Å². The van der Waals surface area contributed by atoms with Crippen molar-refractivity contribution in [3.63, 3.8) is 0 Å². The molecule has 0 aromatic rings. The van der Waals surface area contributed by atoms with Crippen LogP contribution in [0.3, 0.4) is 0 Å². The zero-order valence-corrected chi connectivity index (χ0v) is 11.3. The fourth-order valence-corrected chi connectivity index (χ4v) is 1.05. The number of hydrogen-bond acceptors (Lipinski definition) is 6. The predicted molar refractivity (Wildman–Crippen MR) is 55.2 cm³/mol. The van der Waals surface area contributed by atoms with Crippen LogP contribution in [-0.4, -0.2) is 53.8 Å². The quantitative estimate of drug-likeness (QED) is 0.220. The van der Waals surface area contributed by atoms with Gasteiger partial charge in [-0.2, -0.15) is 34.8 Å². The molecule has 0 bridgehead atoms. The van der Waals surface area contributed by atoms with E-state index in [0.29, 0.717) is 0 Å². The summed E-state index contributed by atoms with van der Waals surface area (Å²) < 4.78 is 111. The standard InChI is InChI=1S/C8H6F6O8S/c1-3(9)4(15)22-7(5(16)17,8(12,13)14)21-2-6(10,11)23(18,19)20/h1-2H2,(H,16,17)(H,18,19,20). The Labute approximate surface area is 123 Å². The smallest absolute Gasteiger partial charge is 0.468 e. The number of esters is 1. The third-order valence-electron chi connectivity index (χ3n) is 1.93. The van der Waals surface area contributed by atoms with Crippen LogP contribution in [0.5, 0.6) is 0 Å². The van der Waals surface area contributed by atoms with Gasteiger partial charge in [0.1, 0.15) is 6.61 Å². The van der Waals surface area contributed by atoms with Crippen molar-refractivity contribution in [2.45, 2.75) is 17.2 Å². The molecule has 0 aromatic heterocycles. The fraction of sp³-hybridized carbons (Fsp3) is 0.500. The molecule has 0 radical (unpaired) electrons. The highest BCUT2D eigenvalue weighted by Gasteiger charge is 2.68. The van der Waals surface area contributed by atoms with Crippen molar-refractivity contribution in [3.05, 3.63) is 12.4 Å². The van der Waals surface area contributed by atoms with Gasteiger partial charge in [-0.3, -0.25) is 4.55 Å². The largest absolute Gasteiger partial charge is 0.476 e. The average molecular weight is 376 g/mol. The highest BCUT2D eigenvalue weighted by Crippen LogP contribution is 2.37. The molecule has 0 aliphatic rings. The lowest BCUT2D eigenvalue weighted by Crippen LogP contribution is -2.59. The van der Waals surface area contributed by atoms with Crippen molar-refractivity contribution in [1.82, 2.24) is 0 Å². The van der Waals surface area contributed by atoms with E-state index in [1.165, 1.54) is 0 Å². The second kappa shape index (κ2) is 6.32. The SMILES string of the molecule is C=C(F)C(=O)OC(OCC(F)(F)S(=O)(=O)O)(C(=O)O)C(F)(F)F. The lowest BCUT2D eigenvalue weighted by Gasteiger charge is -2.31. The number of aliphatic carboxylic acids is 1. The molecule has 0 spiro atoms. The third kappa shape index (κ3) is 4.55. The molecule has 0 saturated carbocycles. The minimum absolute atomic E-state index is 2.19. The summed E-state index contributed by atoms with van der Waals surface area (Å²) in [5.41, 5.74) is 0. The van der Waals surface area contributed by atoms with Crippen molar-refractivity contribution < 1.29 is 63.5 Å². The van der Waals surface area contributed by atoms with Crippen LogP contribution in [0.1, 0.15) is 0 Å². The van der Waals surface area contributed by atoms with Gasteiger partial charge in [-0.15, -0.1) is 0 Å². The molecule has 1 unspecified atom stereocenters. The van der Waals surface area contributed by atoms with E-state index < -0.39 is 51.7 Å². The number of hydrogen-bond donors (Lipinski definition) is 2. The predicted octanol–water partition coefficient (Wildman–Crippen LogP) is 0.853. The minimum Gasteiger partial charge on any atom is -0.476 e. The first kappa shape index (κ1) is 21.1. The molecular weight excluding hydrogens is 370 g/mol. The van der Waals surface area contributed by atoms with Crippen LogP contribution < -0.4 is 0 Å². The molecule has 0 aromatic carbocycles. The van der Waals surface area contributed by atoms with Gasteiger partial charge in [-0.25, -0.2) is 9.59 Å². The van der Waals surface area contributed by atoms with Crippen molar-refractivity contribution in [2.75, 3.05) is 6.61 Å². The Morgan fingerprint density at radius 2 is 1.57 bits per heavy atom. The van der Waals surface area contributed by atoms with Crippen LogP contribution in [0.4, 0.5) is 26.3 Å². The molecule has 0 amide bonds. The zero-order chi connectivity index (χ0) is 18.9. The summed E-state index contributed by atoms with van der Waals surface area (Å²) in [7, 11) is -6.29. The summed E-state index contributed by atoms with van der Waals surface area (Å²) in [6.45, 7) is -0.698. The topological polar surface area (TPSA) is 127 Å². The van der Waals surface area contributed by atoms with Gasteiger partial charge in [0, 0.05) is 0 Å². The lowest BCUT2D eigenvalue weighted by molar-refractivity contribution is -0.358. The van der Waals surface area contributed by atoms with Crippen LogP contribution >= 0.6 is 0 Å². The third-order valence-corrected chi connectivity index (χ3v) is 2.81. The zero-order valence-electron chi connectivity index (χ0n) is 10.4. The molecule has 0 aliphatic carbocycles. The number of alkyl halides is 5. The molecule has 0 rings (SSSR count). The maximum atomic E-state index is 12.9. The number of ether oxygens (including phenoxy) is 2. The van der Waals surface area contributed by atoms with Gasteiger partial charge in [-0.1, -0.05) is 6.58 Å². The van der Waals surface area contributed by atoms with Crippen LogP contribution in [-0.2, 0) is 29.2 Å². The Balaban J connectivity index is 5.84. The molecule has 134 valence electrons. The molecule has 0 saturated heterocycles.